The Morgan fingerprint density at radius 2 is 2.05 bits per heavy atom. The van der Waals surface area contributed by atoms with Gasteiger partial charge in [0.2, 0.25) is 0 Å². The monoisotopic (exact) mass is 298 g/mol. The lowest BCUT2D eigenvalue weighted by Gasteiger charge is -2.15. The molecule has 7 heteroatoms. The van der Waals surface area contributed by atoms with Gasteiger partial charge in [0, 0.05) is 24.5 Å². The molecule has 4 nitrogen and oxygen atoms in total. The van der Waals surface area contributed by atoms with Crippen molar-refractivity contribution in [3.8, 4) is 0 Å². The van der Waals surface area contributed by atoms with Gasteiger partial charge in [-0.25, -0.2) is 0 Å². The molecular weight excluding hydrogens is 281 g/mol. The Morgan fingerprint density at radius 1 is 1.29 bits per heavy atom. The van der Waals surface area contributed by atoms with Crippen LogP contribution >= 0.6 is 0 Å². The van der Waals surface area contributed by atoms with Gasteiger partial charge in [-0.3, -0.25) is 9.67 Å². The molecule has 1 N–H and O–H groups in total. The number of pyridine rings is 1. The Labute approximate surface area is 121 Å². The van der Waals surface area contributed by atoms with Crippen LogP contribution in [0, 0.1) is 0 Å². The largest absolute Gasteiger partial charge is 0.417 e. The van der Waals surface area contributed by atoms with Gasteiger partial charge in [0.15, 0.2) is 0 Å². The predicted octanol–water partition coefficient (Wildman–Crippen LogP) is 3.02. The molecule has 0 aliphatic rings. The topological polar surface area (TPSA) is 42.7 Å². The minimum absolute atomic E-state index is 0.280. The number of hydrogen-bond acceptors (Lipinski definition) is 3. The first-order chi connectivity index (χ1) is 9.95. The summed E-state index contributed by atoms with van der Waals surface area (Å²) in [6, 6.07) is 2.16. The molecule has 0 aromatic carbocycles. The zero-order valence-electron chi connectivity index (χ0n) is 11.9. The molecule has 21 heavy (non-hydrogen) atoms. The van der Waals surface area contributed by atoms with Crippen LogP contribution in [0.2, 0.25) is 0 Å². The van der Waals surface area contributed by atoms with Crippen molar-refractivity contribution in [2.75, 3.05) is 7.05 Å². The molecule has 1 atom stereocenters. The Kier molecular flexibility index (Phi) is 4.62. The summed E-state index contributed by atoms with van der Waals surface area (Å²) in [6.07, 6.45) is 1.03. The molecule has 114 valence electrons. The van der Waals surface area contributed by atoms with Crippen molar-refractivity contribution in [2.45, 2.75) is 32.1 Å². The quantitative estimate of drug-likeness (QED) is 0.922. The van der Waals surface area contributed by atoms with E-state index in [9.17, 15) is 13.2 Å². The van der Waals surface area contributed by atoms with Crippen molar-refractivity contribution >= 4 is 0 Å². The van der Waals surface area contributed by atoms with Crippen LogP contribution in [-0.2, 0) is 12.7 Å². The molecule has 0 bridgehead atoms. The highest BCUT2D eigenvalue weighted by molar-refractivity contribution is 5.26. The van der Waals surface area contributed by atoms with Gasteiger partial charge in [0.1, 0.15) is 0 Å². The SMILES string of the molecule is CCCn1cc(C(NC)c2ccc(C(F)(F)F)cn2)cn1. The molecule has 1 unspecified atom stereocenters. The lowest BCUT2D eigenvalue weighted by atomic mass is 10.1. The van der Waals surface area contributed by atoms with Gasteiger partial charge >= 0.3 is 6.18 Å². The Balaban J connectivity index is 2.24. The summed E-state index contributed by atoms with van der Waals surface area (Å²) in [5, 5.41) is 7.28. The number of nitrogens with one attached hydrogen (secondary N) is 1. The van der Waals surface area contributed by atoms with E-state index >= 15 is 0 Å². The van der Waals surface area contributed by atoms with Crippen LogP contribution in [0.25, 0.3) is 0 Å². The highest BCUT2D eigenvalue weighted by Gasteiger charge is 2.31. The molecule has 0 fully saturated rings. The van der Waals surface area contributed by atoms with E-state index in [0.29, 0.717) is 5.69 Å². The van der Waals surface area contributed by atoms with E-state index in [2.05, 4.69) is 15.4 Å². The van der Waals surface area contributed by atoms with Gasteiger partial charge in [0.05, 0.1) is 23.5 Å². The molecule has 2 aromatic rings. The van der Waals surface area contributed by atoms with Gasteiger partial charge < -0.3 is 5.32 Å². The summed E-state index contributed by atoms with van der Waals surface area (Å²) in [4.78, 5) is 3.93. The summed E-state index contributed by atoms with van der Waals surface area (Å²) in [6.45, 7) is 2.85. The van der Waals surface area contributed by atoms with Gasteiger partial charge in [-0.2, -0.15) is 18.3 Å². The zero-order chi connectivity index (χ0) is 15.5. The minimum atomic E-state index is -4.37. The van der Waals surface area contributed by atoms with Gasteiger partial charge in [-0.15, -0.1) is 0 Å². The van der Waals surface area contributed by atoms with E-state index in [1.807, 2.05) is 17.8 Å². The summed E-state index contributed by atoms with van der Waals surface area (Å²) in [7, 11) is 1.74. The van der Waals surface area contributed by atoms with Gasteiger partial charge in [0.25, 0.3) is 0 Å². The molecule has 0 spiro atoms. The first-order valence-electron chi connectivity index (χ1n) is 6.68. The Morgan fingerprint density at radius 3 is 2.57 bits per heavy atom. The summed E-state index contributed by atoms with van der Waals surface area (Å²) >= 11 is 0. The van der Waals surface area contributed by atoms with Crippen molar-refractivity contribution in [3.63, 3.8) is 0 Å². The molecule has 0 aliphatic carbocycles. The smallest absolute Gasteiger partial charge is 0.308 e. The second-order valence-corrected chi connectivity index (χ2v) is 4.73. The van der Waals surface area contributed by atoms with E-state index in [0.717, 1.165) is 30.8 Å². The highest BCUT2D eigenvalue weighted by atomic mass is 19.4. The third-order valence-electron chi connectivity index (χ3n) is 3.14. The Hall–Kier alpha value is -1.89. The van der Waals surface area contributed by atoms with E-state index in [1.54, 1.807) is 13.2 Å². The second kappa shape index (κ2) is 6.26. The van der Waals surface area contributed by atoms with Crippen LogP contribution in [0.5, 0.6) is 0 Å². The van der Waals surface area contributed by atoms with Gasteiger partial charge in [-0.05, 0) is 25.6 Å². The van der Waals surface area contributed by atoms with Crippen molar-refractivity contribution in [2.24, 2.45) is 0 Å². The van der Waals surface area contributed by atoms with Crippen LogP contribution in [0.3, 0.4) is 0 Å². The average molecular weight is 298 g/mol. The molecule has 0 saturated carbocycles. The van der Waals surface area contributed by atoms with Crippen molar-refractivity contribution in [3.05, 3.63) is 47.5 Å². The fourth-order valence-corrected chi connectivity index (χ4v) is 2.11. The van der Waals surface area contributed by atoms with E-state index in [1.165, 1.54) is 6.07 Å². The molecule has 0 amide bonds. The standard InChI is InChI=1S/C14H17F3N4/c1-3-6-21-9-10(7-20-21)13(18-2)12-5-4-11(8-19-12)14(15,16)17/h4-5,7-9,13,18H,3,6H2,1-2H3. The maximum absolute atomic E-state index is 12.5. The van der Waals surface area contributed by atoms with E-state index < -0.39 is 11.7 Å². The van der Waals surface area contributed by atoms with E-state index in [4.69, 9.17) is 0 Å². The maximum Gasteiger partial charge on any atom is 0.417 e. The normalized spacial score (nSPS) is 13.4. The molecule has 2 heterocycles. The number of aromatic nitrogens is 3. The molecule has 0 radical (unpaired) electrons. The van der Waals surface area contributed by atoms with Crippen molar-refractivity contribution < 1.29 is 13.2 Å². The molecule has 0 saturated heterocycles. The fraction of sp³-hybridized carbons (Fsp3) is 0.429. The number of alkyl halides is 3. The minimum Gasteiger partial charge on any atom is -0.308 e. The molecular formula is C14H17F3N4. The summed E-state index contributed by atoms with van der Waals surface area (Å²) < 4.78 is 39.4. The van der Waals surface area contributed by atoms with Gasteiger partial charge in [-0.1, -0.05) is 6.92 Å². The van der Waals surface area contributed by atoms with Crippen LogP contribution < -0.4 is 5.32 Å². The number of rotatable bonds is 5. The zero-order valence-corrected chi connectivity index (χ0v) is 11.9. The number of aryl methyl sites for hydroxylation is 1. The third kappa shape index (κ3) is 3.60. The van der Waals surface area contributed by atoms with Crippen LogP contribution in [-0.4, -0.2) is 21.8 Å². The lowest BCUT2D eigenvalue weighted by Crippen LogP contribution is -2.19. The third-order valence-corrected chi connectivity index (χ3v) is 3.14. The number of nitrogens with zero attached hydrogens (tertiary/aromatic N) is 3. The molecule has 2 rings (SSSR count). The lowest BCUT2D eigenvalue weighted by molar-refractivity contribution is -0.137. The van der Waals surface area contributed by atoms with Crippen molar-refractivity contribution in [1.82, 2.24) is 20.1 Å². The number of hydrogen-bond donors (Lipinski definition) is 1. The summed E-state index contributed by atoms with van der Waals surface area (Å²) in [5.41, 5.74) is 0.655. The van der Waals surface area contributed by atoms with Crippen molar-refractivity contribution in [1.29, 1.82) is 0 Å². The molecule has 2 aromatic heterocycles. The summed E-state index contributed by atoms with van der Waals surface area (Å²) in [5.74, 6) is 0. The average Bonchev–Trinajstić information content (AvgIpc) is 2.88. The van der Waals surface area contributed by atoms with Crippen LogP contribution in [0.15, 0.2) is 30.7 Å². The Bertz CT molecular complexity index is 575. The maximum atomic E-state index is 12.5. The van der Waals surface area contributed by atoms with E-state index in [-0.39, 0.29) is 6.04 Å². The molecule has 0 aliphatic heterocycles. The highest BCUT2D eigenvalue weighted by Crippen LogP contribution is 2.29. The number of halogens is 3. The fourth-order valence-electron chi connectivity index (χ4n) is 2.11. The van der Waals surface area contributed by atoms with Crippen LogP contribution in [0.1, 0.15) is 36.2 Å². The second-order valence-electron chi connectivity index (χ2n) is 4.73. The first kappa shape index (κ1) is 15.5. The first-order valence-corrected chi connectivity index (χ1v) is 6.68. The predicted molar refractivity (Wildman–Crippen MR) is 72.7 cm³/mol. The van der Waals surface area contributed by atoms with Crippen LogP contribution in [0.4, 0.5) is 13.2 Å².